The first-order valence-electron chi connectivity index (χ1n) is 7.63. The van der Waals surface area contributed by atoms with Crippen LogP contribution in [0.2, 0.25) is 0 Å². The Morgan fingerprint density at radius 1 is 1.04 bits per heavy atom. The number of aryl methyl sites for hydroxylation is 2. The van der Waals surface area contributed by atoms with Gasteiger partial charge < -0.3 is 10.6 Å². The minimum absolute atomic E-state index is 0.208. The van der Waals surface area contributed by atoms with E-state index in [0.29, 0.717) is 11.3 Å². The lowest BCUT2D eigenvalue weighted by Gasteiger charge is -2.10. The van der Waals surface area contributed by atoms with Gasteiger partial charge in [0.2, 0.25) is 0 Å². The normalized spacial score (nSPS) is 10.2. The van der Waals surface area contributed by atoms with Gasteiger partial charge in [0.05, 0.1) is 17.4 Å². The molecule has 0 atom stereocenters. The van der Waals surface area contributed by atoms with Crippen LogP contribution < -0.4 is 10.6 Å². The number of nitrogens with one attached hydrogen (secondary N) is 2. The molecule has 0 aliphatic carbocycles. The van der Waals surface area contributed by atoms with Crippen LogP contribution in [0, 0.1) is 13.8 Å². The van der Waals surface area contributed by atoms with Gasteiger partial charge in [-0.05, 0) is 55.3 Å². The second-order valence-corrected chi connectivity index (χ2v) is 5.57. The summed E-state index contributed by atoms with van der Waals surface area (Å²) < 4.78 is 0. The Bertz CT molecular complexity index is 845. The maximum absolute atomic E-state index is 12.1. The van der Waals surface area contributed by atoms with Gasteiger partial charge in [-0.2, -0.15) is 0 Å². The van der Waals surface area contributed by atoms with Crippen LogP contribution in [0.15, 0.2) is 61.1 Å². The van der Waals surface area contributed by atoms with Gasteiger partial charge in [-0.15, -0.1) is 0 Å². The molecule has 1 amide bonds. The van der Waals surface area contributed by atoms with Crippen molar-refractivity contribution >= 4 is 23.1 Å². The molecular weight excluding hydrogens is 300 g/mol. The summed E-state index contributed by atoms with van der Waals surface area (Å²) in [5, 5.41) is 6.09. The van der Waals surface area contributed by atoms with E-state index in [2.05, 4.69) is 45.7 Å². The lowest BCUT2D eigenvalue weighted by atomic mass is 10.1. The third-order valence-electron chi connectivity index (χ3n) is 3.60. The molecule has 120 valence electrons. The summed E-state index contributed by atoms with van der Waals surface area (Å²) in [6, 6.07) is 13.3. The van der Waals surface area contributed by atoms with Gasteiger partial charge in [0, 0.05) is 18.1 Å². The Labute approximate surface area is 140 Å². The third-order valence-corrected chi connectivity index (χ3v) is 3.60. The van der Waals surface area contributed by atoms with Crippen molar-refractivity contribution in [1.82, 2.24) is 9.97 Å². The fourth-order valence-electron chi connectivity index (χ4n) is 2.25. The number of carbonyl (C=O) groups is 1. The number of anilines is 3. The van der Waals surface area contributed by atoms with Crippen LogP contribution in [0.5, 0.6) is 0 Å². The van der Waals surface area contributed by atoms with Gasteiger partial charge in [-0.25, -0.2) is 4.98 Å². The molecule has 3 rings (SSSR count). The highest BCUT2D eigenvalue weighted by Crippen LogP contribution is 2.21. The van der Waals surface area contributed by atoms with Gasteiger partial charge >= 0.3 is 0 Å². The van der Waals surface area contributed by atoms with Crippen LogP contribution in [0.1, 0.15) is 21.5 Å². The molecule has 5 heteroatoms. The minimum Gasteiger partial charge on any atom is -0.340 e. The molecule has 2 aromatic heterocycles. The average Bonchev–Trinajstić information content (AvgIpc) is 2.60. The molecule has 1 aromatic carbocycles. The number of nitrogens with zero attached hydrogens (tertiary/aromatic N) is 2. The Kier molecular flexibility index (Phi) is 4.52. The molecule has 2 heterocycles. The Balaban J connectivity index is 1.69. The number of carbonyl (C=O) groups excluding carboxylic acids is 1. The van der Waals surface area contributed by atoms with Gasteiger partial charge in [0.1, 0.15) is 5.82 Å². The van der Waals surface area contributed by atoms with Gasteiger partial charge in [-0.3, -0.25) is 9.78 Å². The number of hydrogen-bond acceptors (Lipinski definition) is 4. The zero-order chi connectivity index (χ0) is 16.9. The first kappa shape index (κ1) is 15.7. The summed E-state index contributed by atoms with van der Waals surface area (Å²) in [6.07, 6.45) is 4.78. The van der Waals surface area contributed by atoms with Crippen molar-refractivity contribution in [3.05, 3.63) is 77.7 Å². The molecule has 0 saturated carbocycles. The second-order valence-electron chi connectivity index (χ2n) is 5.57. The fourth-order valence-corrected chi connectivity index (χ4v) is 2.25. The van der Waals surface area contributed by atoms with Gasteiger partial charge in [0.15, 0.2) is 0 Å². The van der Waals surface area contributed by atoms with E-state index in [1.165, 1.54) is 11.8 Å². The summed E-state index contributed by atoms with van der Waals surface area (Å²) >= 11 is 0. The van der Waals surface area contributed by atoms with Crippen molar-refractivity contribution in [2.24, 2.45) is 0 Å². The number of rotatable bonds is 4. The second kappa shape index (κ2) is 6.91. The fraction of sp³-hybridized carbons (Fsp3) is 0.105. The molecule has 0 radical (unpaired) electrons. The largest absolute Gasteiger partial charge is 0.340 e. The van der Waals surface area contributed by atoms with Crippen molar-refractivity contribution in [2.75, 3.05) is 10.6 Å². The van der Waals surface area contributed by atoms with Crippen LogP contribution in [0.4, 0.5) is 17.2 Å². The first-order chi connectivity index (χ1) is 11.6. The minimum atomic E-state index is -0.208. The Hall–Kier alpha value is -3.21. The molecule has 24 heavy (non-hydrogen) atoms. The predicted molar refractivity (Wildman–Crippen MR) is 95.6 cm³/mol. The van der Waals surface area contributed by atoms with Crippen molar-refractivity contribution in [1.29, 1.82) is 0 Å². The van der Waals surface area contributed by atoms with Crippen molar-refractivity contribution < 1.29 is 4.79 Å². The molecule has 0 aliphatic rings. The molecule has 0 bridgehead atoms. The van der Waals surface area contributed by atoms with E-state index in [4.69, 9.17) is 0 Å². The maximum atomic E-state index is 12.1. The van der Waals surface area contributed by atoms with Crippen LogP contribution >= 0.6 is 0 Å². The molecule has 3 aromatic rings. The standard InChI is InChI=1S/C19H18N4O/c1-13-5-6-14(2)17(10-13)23-18-8-7-16(12-21-18)22-19(24)15-4-3-9-20-11-15/h3-12H,1-2H3,(H,21,23)(H,22,24). The number of benzene rings is 1. The summed E-state index contributed by atoms with van der Waals surface area (Å²) in [7, 11) is 0. The smallest absolute Gasteiger partial charge is 0.257 e. The molecule has 0 unspecified atom stereocenters. The molecule has 0 aliphatic heterocycles. The summed E-state index contributed by atoms with van der Waals surface area (Å²) in [5.41, 5.74) is 4.50. The molecule has 2 N–H and O–H groups in total. The zero-order valence-electron chi connectivity index (χ0n) is 13.6. The molecule has 0 spiro atoms. The number of hydrogen-bond donors (Lipinski definition) is 2. The number of pyridine rings is 2. The topological polar surface area (TPSA) is 66.9 Å². The molecule has 0 fully saturated rings. The number of amides is 1. The van der Waals surface area contributed by atoms with Crippen LogP contribution in [0.3, 0.4) is 0 Å². The number of aromatic nitrogens is 2. The lowest BCUT2D eigenvalue weighted by Crippen LogP contribution is -2.12. The van der Waals surface area contributed by atoms with E-state index in [9.17, 15) is 4.79 Å². The highest BCUT2D eigenvalue weighted by molar-refractivity contribution is 6.03. The monoisotopic (exact) mass is 318 g/mol. The van der Waals surface area contributed by atoms with E-state index < -0.39 is 0 Å². The SMILES string of the molecule is Cc1ccc(C)c(Nc2ccc(NC(=O)c3cccnc3)cn2)c1. The van der Waals surface area contributed by atoms with Crippen molar-refractivity contribution in [3.63, 3.8) is 0 Å². The van der Waals surface area contributed by atoms with Crippen molar-refractivity contribution in [2.45, 2.75) is 13.8 Å². The summed E-state index contributed by atoms with van der Waals surface area (Å²) in [6.45, 7) is 4.10. The van der Waals surface area contributed by atoms with Gasteiger partial charge in [0.25, 0.3) is 5.91 Å². The molecular formula is C19H18N4O. The molecule has 0 saturated heterocycles. The average molecular weight is 318 g/mol. The van der Waals surface area contributed by atoms with Crippen molar-refractivity contribution in [3.8, 4) is 0 Å². The summed E-state index contributed by atoms with van der Waals surface area (Å²) in [4.78, 5) is 20.4. The lowest BCUT2D eigenvalue weighted by molar-refractivity contribution is 0.102. The van der Waals surface area contributed by atoms with Crippen LogP contribution in [-0.2, 0) is 0 Å². The quantitative estimate of drug-likeness (QED) is 0.760. The molecule has 5 nitrogen and oxygen atoms in total. The van der Waals surface area contributed by atoms with E-state index in [1.807, 2.05) is 19.1 Å². The van der Waals surface area contributed by atoms with Gasteiger partial charge in [-0.1, -0.05) is 12.1 Å². The van der Waals surface area contributed by atoms with E-state index in [0.717, 1.165) is 17.1 Å². The first-order valence-corrected chi connectivity index (χ1v) is 7.63. The maximum Gasteiger partial charge on any atom is 0.257 e. The highest BCUT2D eigenvalue weighted by Gasteiger charge is 2.06. The van der Waals surface area contributed by atoms with Crippen LogP contribution in [-0.4, -0.2) is 15.9 Å². The van der Waals surface area contributed by atoms with Crippen LogP contribution in [0.25, 0.3) is 0 Å². The van der Waals surface area contributed by atoms with E-state index in [-0.39, 0.29) is 5.91 Å². The predicted octanol–water partition coefficient (Wildman–Crippen LogP) is 4.09. The summed E-state index contributed by atoms with van der Waals surface area (Å²) in [5.74, 6) is 0.517. The van der Waals surface area contributed by atoms with E-state index >= 15 is 0 Å². The third kappa shape index (κ3) is 3.76. The van der Waals surface area contributed by atoms with E-state index in [1.54, 1.807) is 24.5 Å². The Morgan fingerprint density at radius 3 is 2.62 bits per heavy atom. The zero-order valence-corrected chi connectivity index (χ0v) is 13.6. The highest BCUT2D eigenvalue weighted by atomic mass is 16.1. The Morgan fingerprint density at radius 2 is 1.92 bits per heavy atom.